The molecule has 0 radical (unpaired) electrons. The lowest BCUT2D eigenvalue weighted by atomic mass is 9.98. The molecule has 3 heteroatoms. The highest BCUT2D eigenvalue weighted by molar-refractivity contribution is 5.75. The van der Waals surface area contributed by atoms with Gasteiger partial charge < -0.3 is 5.11 Å². The minimum Gasteiger partial charge on any atom is -0.480 e. The summed E-state index contributed by atoms with van der Waals surface area (Å²) in [5.74, 6) is -0.341. The molecule has 2 aromatic carbocycles. The Morgan fingerprint density at radius 3 is 2.29 bits per heavy atom. The predicted molar refractivity (Wildman–Crippen MR) is 82.2 cm³/mol. The molecule has 0 amide bonds. The molecule has 0 saturated carbocycles. The number of hydrogen-bond acceptors (Lipinski definition) is 2. The first-order valence-electron chi connectivity index (χ1n) is 7.32. The van der Waals surface area contributed by atoms with Gasteiger partial charge in [0.05, 0.1) is 0 Å². The molecule has 3 rings (SSSR count). The SMILES string of the molecule is O=C(O)[C@@H](c1ccccc1)N1CCC(c2ccccc2)C1. The molecule has 1 saturated heterocycles. The van der Waals surface area contributed by atoms with Gasteiger partial charge >= 0.3 is 5.97 Å². The summed E-state index contributed by atoms with van der Waals surface area (Å²) in [6, 6.07) is 19.3. The van der Waals surface area contributed by atoms with E-state index in [-0.39, 0.29) is 0 Å². The van der Waals surface area contributed by atoms with Crippen LogP contribution in [0.15, 0.2) is 60.7 Å². The Bertz CT molecular complexity index is 597. The molecule has 1 N–H and O–H groups in total. The van der Waals surface area contributed by atoms with Gasteiger partial charge in [-0.15, -0.1) is 0 Å². The van der Waals surface area contributed by atoms with Crippen LogP contribution in [0.25, 0.3) is 0 Å². The van der Waals surface area contributed by atoms with Crippen LogP contribution in [0.4, 0.5) is 0 Å². The zero-order valence-corrected chi connectivity index (χ0v) is 11.9. The number of hydrogen-bond donors (Lipinski definition) is 1. The van der Waals surface area contributed by atoms with Crippen LogP contribution in [0, 0.1) is 0 Å². The zero-order valence-electron chi connectivity index (χ0n) is 11.9. The van der Waals surface area contributed by atoms with Crippen LogP contribution in [-0.2, 0) is 4.79 Å². The minimum atomic E-state index is -0.769. The standard InChI is InChI=1S/C18H19NO2/c20-18(21)17(15-9-5-2-6-10-15)19-12-11-16(13-19)14-7-3-1-4-8-14/h1-10,16-17H,11-13H2,(H,20,21)/t16?,17-/m1/s1. The van der Waals surface area contributed by atoms with Crippen LogP contribution in [0.3, 0.4) is 0 Å². The smallest absolute Gasteiger partial charge is 0.325 e. The number of carboxylic acids is 1. The van der Waals surface area contributed by atoms with E-state index in [1.165, 1.54) is 5.56 Å². The normalized spacial score (nSPS) is 20.3. The van der Waals surface area contributed by atoms with E-state index >= 15 is 0 Å². The van der Waals surface area contributed by atoms with Gasteiger partial charge in [0, 0.05) is 6.54 Å². The van der Waals surface area contributed by atoms with Gasteiger partial charge in [-0.1, -0.05) is 60.7 Å². The fourth-order valence-corrected chi connectivity index (χ4v) is 3.16. The second-order valence-electron chi connectivity index (χ2n) is 5.54. The van der Waals surface area contributed by atoms with Crippen LogP contribution in [-0.4, -0.2) is 29.1 Å². The third-order valence-electron chi connectivity index (χ3n) is 4.21. The van der Waals surface area contributed by atoms with Crippen molar-refractivity contribution in [3.63, 3.8) is 0 Å². The fourth-order valence-electron chi connectivity index (χ4n) is 3.16. The highest BCUT2D eigenvalue weighted by atomic mass is 16.4. The average Bonchev–Trinajstić information content (AvgIpc) is 2.98. The first-order valence-corrected chi connectivity index (χ1v) is 7.32. The predicted octanol–water partition coefficient (Wildman–Crippen LogP) is 3.30. The first-order chi connectivity index (χ1) is 10.3. The van der Waals surface area contributed by atoms with Crippen LogP contribution >= 0.6 is 0 Å². The Labute approximate surface area is 124 Å². The summed E-state index contributed by atoms with van der Waals surface area (Å²) in [4.78, 5) is 13.8. The molecule has 1 aliphatic heterocycles. The number of carboxylic acid groups (broad SMARTS) is 1. The van der Waals surface area contributed by atoms with E-state index in [4.69, 9.17) is 0 Å². The number of likely N-dealkylation sites (tertiary alicyclic amines) is 1. The summed E-state index contributed by atoms with van der Waals surface area (Å²) in [6.07, 6.45) is 1.01. The summed E-state index contributed by atoms with van der Waals surface area (Å²) in [7, 11) is 0. The Hall–Kier alpha value is -2.13. The number of rotatable bonds is 4. The molecule has 1 unspecified atom stereocenters. The van der Waals surface area contributed by atoms with Gasteiger partial charge in [-0.25, -0.2) is 0 Å². The Kier molecular flexibility index (Phi) is 4.02. The van der Waals surface area contributed by atoms with Gasteiger partial charge in [0.2, 0.25) is 0 Å². The maximum atomic E-state index is 11.7. The highest BCUT2D eigenvalue weighted by Crippen LogP contribution is 2.33. The number of benzene rings is 2. The maximum Gasteiger partial charge on any atom is 0.325 e. The lowest BCUT2D eigenvalue weighted by molar-refractivity contribution is -0.143. The van der Waals surface area contributed by atoms with Crippen molar-refractivity contribution in [1.29, 1.82) is 0 Å². The van der Waals surface area contributed by atoms with Crippen molar-refractivity contribution < 1.29 is 9.90 Å². The van der Waals surface area contributed by atoms with Crippen molar-refractivity contribution in [3.05, 3.63) is 71.8 Å². The molecular formula is C18H19NO2. The summed E-state index contributed by atoms with van der Waals surface area (Å²) in [5.41, 5.74) is 2.16. The van der Waals surface area contributed by atoms with Crippen molar-refractivity contribution in [1.82, 2.24) is 4.90 Å². The highest BCUT2D eigenvalue weighted by Gasteiger charge is 2.33. The monoisotopic (exact) mass is 281 g/mol. The molecule has 1 aliphatic rings. The zero-order chi connectivity index (χ0) is 14.7. The first kappa shape index (κ1) is 13.8. The molecule has 0 aliphatic carbocycles. The van der Waals surface area contributed by atoms with Gasteiger partial charge in [-0.3, -0.25) is 9.69 Å². The van der Waals surface area contributed by atoms with Gasteiger partial charge in [0.25, 0.3) is 0 Å². The molecule has 2 atom stereocenters. The van der Waals surface area contributed by atoms with Gasteiger partial charge in [-0.2, -0.15) is 0 Å². The van der Waals surface area contributed by atoms with Gasteiger partial charge in [0.1, 0.15) is 6.04 Å². The summed E-state index contributed by atoms with van der Waals surface area (Å²) in [6.45, 7) is 1.63. The molecule has 21 heavy (non-hydrogen) atoms. The quantitative estimate of drug-likeness (QED) is 0.934. The average molecular weight is 281 g/mol. The molecule has 0 spiro atoms. The van der Waals surface area contributed by atoms with Gasteiger partial charge in [-0.05, 0) is 30.0 Å². The second kappa shape index (κ2) is 6.10. The number of aliphatic carboxylic acids is 1. The molecule has 1 heterocycles. The van der Waals surface area contributed by atoms with E-state index in [2.05, 4.69) is 17.0 Å². The van der Waals surface area contributed by atoms with E-state index in [1.54, 1.807) is 0 Å². The Balaban J connectivity index is 1.79. The molecule has 2 aromatic rings. The van der Waals surface area contributed by atoms with Crippen molar-refractivity contribution in [2.24, 2.45) is 0 Å². The van der Waals surface area contributed by atoms with Crippen molar-refractivity contribution in [3.8, 4) is 0 Å². The van der Waals surface area contributed by atoms with Crippen LogP contribution in [0.5, 0.6) is 0 Å². The summed E-state index contributed by atoms with van der Waals surface area (Å²) < 4.78 is 0. The van der Waals surface area contributed by atoms with Crippen LogP contribution in [0.2, 0.25) is 0 Å². The van der Waals surface area contributed by atoms with E-state index in [1.807, 2.05) is 48.5 Å². The number of carbonyl (C=O) groups is 1. The van der Waals surface area contributed by atoms with Crippen molar-refractivity contribution in [2.75, 3.05) is 13.1 Å². The molecule has 3 nitrogen and oxygen atoms in total. The van der Waals surface area contributed by atoms with Crippen molar-refractivity contribution in [2.45, 2.75) is 18.4 Å². The van der Waals surface area contributed by atoms with Gasteiger partial charge in [0.15, 0.2) is 0 Å². The molecule has 108 valence electrons. The van der Waals surface area contributed by atoms with E-state index in [9.17, 15) is 9.90 Å². The molecule has 0 aromatic heterocycles. The minimum absolute atomic E-state index is 0.428. The van der Waals surface area contributed by atoms with Crippen LogP contribution < -0.4 is 0 Å². The summed E-state index contributed by atoms with van der Waals surface area (Å²) >= 11 is 0. The fraction of sp³-hybridized carbons (Fsp3) is 0.278. The van der Waals surface area contributed by atoms with E-state index in [0.29, 0.717) is 5.92 Å². The largest absolute Gasteiger partial charge is 0.480 e. The summed E-state index contributed by atoms with van der Waals surface area (Å²) in [5, 5.41) is 9.60. The molecule has 1 fully saturated rings. The lowest BCUT2D eigenvalue weighted by Gasteiger charge is -2.24. The Morgan fingerprint density at radius 1 is 1.05 bits per heavy atom. The molecular weight excluding hydrogens is 262 g/mol. The number of nitrogens with zero attached hydrogens (tertiary/aromatic N) is 1. The third kappa shape index (κ3) is 2.98. The maximum absolute atomic E-state index is 11.7. The lowest BCUT2D eigenvalue weighted by Crippen LogP contribution is -2.32. The Morgan fingerprint density at radius 2 is 1.67 bits per heavy atom. The molecule has 0 bridgehead atoms. The van der Waals surface area contributed by atoms with Crippen LogP contribution in [0.1, 0.15) is 29.5 Å². The van der Waals surface area contributed by atoms with E-state index in [0.717, 1.165) is 25.1 Å². The topological polar surface area (TPSA) is 40.5 Å². The van der Waals surface area contributed by atoms with E-state index < -0.39 is 12.0 Å². The second-order valence-corrected chi connectivity index (χ2v) is 5.54. The third-order valence-corrected chi connectivity index (χ3v) is 4.21. The van der Waals surface area contributed by atoms with Crippen molar-refractivity contribution >= 4 is 5.97 Å².